The van der Waals surface area contributed by atoms with Crippen LogP contribution in [0.5, 0.6) is 0 Å². The Kier molecular flexibility index (Phi) is 3.39. The number of carbonyl (C=O) groups excluding carboxylic acids is 1. The fourth-order valence-corrected chi connectivity index (χ4v) is 1.27. The Hall–Kier alpha value is -0.740. The van der Waals surface area contributed by atoms with Crippen LogP contribution in [0.3, 0.4) is 0 Å². The summed E-state index contributed by atoms with van der Waals surface area (Å²) in [5.74, 6) is -0.916. The van der Waals surface area contributed by atoms with Gasteiger partial charge in [0.05, 0.1) is 12.2 Å². The van der Waals surface area contributed by atoms with Gasteiger partial charge in [-0.1, -0.05) is 0 Å². The number of rotatable bonds is 3. The molecule has 0 saturated carbocycles. The van der Waals surface area contributed by atoms with Gasteiger partial charge < -0.3 is 14.6 Å². The van der Waals surface area contributed by atoms with Crippen molar-refractivity contribution >= 4 is 17.6 Å². The molecule has 0 spiro atoms. The van der Waals surface area contributed by atoms with E-state index in [9.17, 15) is 9.90 Å². The molecule has 0 saturated heterocycles. The first-order valence-corrected chi connectivity index (χ1v) is 4.83. The van der Waals surface area contributed by atoms with Crippen LogP contribution in [0.1, 0.15) is 20.3 Å². The van der Waals surface area contributed by atoms with Gasteiger partial charge in [-0.15, -0.1) is 11.6 Å². The molecule has 1 heterocycles. The molecule has 0 aromatic carbocycles. The molecular formula is C9H13ClO4. The summed E-state index contributed by atoms with van der Waals surface area (Å²) in [5, 5.41) is 9.26. The molecule has 0 aromatic rings. The molecule has 0 aromatic heterocycles. The lowest BCUT2D eigenvalue weighted by molar-refractivity contribution is -0.206. The molecule has 1 N–H and O–H groups in total. The van der Waals surface area contributed by atoms with Crippen LogP contribution in [-0.2, 0) is 14.3 Å². The van der Waals surface area contributed by atoms with Crippen molar-refractivity contribution in [3.63, 3.8) is 0 Å². The Labute approximate surface area is 87.4 Å². The molecule has 1 aliphatic rings. The normalized spacial score (nSPS) is 22.0. The van der Waals surface area contributed by atoms with Crippen LogP contribution in [0.2, 0.25) is 0 Å². The molecule has 0 fully saturated rings. The average molecular weight is 221 g/mol. The van der Waals surface area contributed by atoms with Crippen molar-refractivity contribution in [2.75, 3.05) is 5.88 Å². The summed E-state index contributed by atoms with van der Waals surface area (Å²) < 4.78 is 10.2. The number of hydrogen-bond acceptors (Lipinski definition) is 4. The maximum Gasteiger partial charge on any atom is 0.337 e. The third-order valence-corrected chi connectivity index (χ3v) is 1.97. The van der Waals surface area contributed by atoms with Gasteiger partial charge in [-0.05, 0) is 0 Å². The summed E-state index contributed by atoms with van der Waals surface area (Å²) in [5.41, 5.74) is 0. The molecule has 1 atom stereocenters. The molecule has 1 rings (SSSR count). The van der Waals surface area contributed by atoms with Gasteiger partial charge in [0.15, 0.2) is 0 Å². The topological polar surface area (TPSA) is 55.8 Å². The van der Waals surface area contributed by atoms with Crippen molar-refractivity contribution in [1.29, 1.82) is 0 Å². The molecular weight excluding hydrogens is 208 g/mol. The van der Waals surface area contributed by atoms with E-state index in [1.165, 1.54) is 6.08 Å². The smallest absolute Gasteiger partial charge is 0.337 e. The first-order chi connectivity index (χ1) is 6.43. The van der Waals surface area contributed by atoms with E-state index in [0.29, 0.717) is 5.76 Å². The summed E-state index contributed by atoms with van der Waals surface area (Å²) in [6, 6.07) is 0. The van der Waals surface area contributed by atoms with Gasteiger partial charge in [0.1, 0.15) is 5.76 Å². The number of cyclic esters (lactones) is 1. The minimum absolute atomic E-state index is 0.107. The number of hydrogen-bond donors (Lipinski definition) is 1. The Morgan fingerprint density at radius 1 is 1.57 bits per heavy atom. The quantitative estimate of drug-likeness (QED) is 0.573. The first-order valence-electron chi connectivity index (χ1n) is 4.29. The fourth-order valence-electron chi connectivity index (χ4n) is 1.16. The summed E-state index contributed by atoms with van der Waals surface area (Å²) in [6.45, 7) is 3.26. The number of halogens is 1. The zero-order chi connectivity index (χ0) is 10.8. The molecule has 0 amide bonds. The average Bonchev–Trinajstić information content (AvgIpc) is 1.99. The van der Waals surface area contributed by atoms with E-state index >= 15 is 0 Å². The molecule has 1 aliphatic heterocycles. The molecule has 5 heteroatoms. The van der Waals surface area contributed by atoms with Gasteiger partial charge in [0.25, 0.3) is 0 Å². The second-order valence-corrected chi connectivity index (χ2v) is 3.85. The second-order valence-electron chi connectivity index (χ2n) is 3.55. The van der Waals surface area contributed by atoms with Gasteiger partial charge in [-0.25, -0.2) is 4.79 Å². The second kappa shape index (κ2) is 4.19. The van der Waals surface area contributed by atoms with Crippen LogP contribution < -0.4 is 0 Å². The predicted octanol–water partition coefficient (Wildman–Crippen LogP) is 1.17. The zero-order valence-corrected chi connectivity index (χ0v) is 8.87. The number of aliphatic hydroxyl groups excluding tert-OH is 1. The van der Waals surface area contributed by atoms with Crippen molar-refractivity contribution < 1.29 is 19.4 Å². The lowest BCUT2D eigenvalue weighted by Crippen LogP contribution is -2.35. The summed E-state index contributed by atoms with van der Waals surface area (Å²) >= 11 is 5.43. The highest BCUT2D eigenvalue weighted by Crippen LogP contribution is 2.24. The largest absolute Gasteiger partial charge is 0.457 e. The Morgan fingerprint density at radius 3 is 2.71 bits per heavy atom. The van der Waals surface area contributed by atoms with Gasteiger partial charge >= 0.3 is 5.97 Å². The lowest BCUT2D eigenvalue weighted by Gasteiger charge is -2.31. The van der Waals surface area contributed by atoms with Crippen molar-refractivity contribution in [1.82, 2.24) is 0 Å². The van der Waals surface area contributed by atoms with Crippen molar-refractivity contribution in [2.24, 2.45) is 0 Å². The molecule has 0 bridgehead atoms. The molecule has 1 unspecified atom stereocenters. The van der Waals surface area contributed by atoms with Crippen LogP contribution in [0.25, 0.3) is 0 Å². The lowest BCUT2D eigenvalue weighted by atomic mass is 10.2. The van der Waals surface area contributed by atoms with Gasteiger partial charge in [0, 0.05) is 26.1 Å². The molecule has 80 valence electrons. The monoisotopic (exact) mass is 220 g/mol. The number of esters is 1. The van der Waals surface area contributed by atoms with Crippen molar-refractivity contribution in [3.05, 3.63) is 11.8 Å². The van der Waals surface area contributed by atoms with Gasteiger partial charge in [-0.3, -0.25) is 0 Å². The van der Waals surface area contributed by atoms with E-state index in [4.69, 9.17) is 21.1 Å². The van der Waals surface area contributed by atoms with Crippen LogP contribution in [-0.4, -0.2) is 28.8 Å². The standard InChI is InChI=1S/C9H13ClO4/c1-9(2)13-7(3-6(11)5-10)4-8(12)14-9/h4,6,11H,3,5H2,1-2H3. The van der Waals surface area contributed by atoms with Crippen LogP contribution in [0.15, 0.2) is 11.8 Å². The minimum Gasteiger partial charge on any atom is -0.457 e. The maximum atomic E-state index is 11.1. The van der Waals surface area contributed by atoms with Crippen LogP contribution in [0, 0.1) is 0 Å². The van der Waals surface area contributed by atoms with Crippen LogP contribution in [0.4, 0.5) is 0 Å². The molecule has 0 radical (unpaired) electrons. The Morgan fingerprint density at radius 2 is 2.21 bits per heavy atom. The maximum absolute atomic E-state index is 11.1. The predicted molar refractivity (Wildman–Crippen MR) is 50.7 cm³/mol. The van der Waals surface area contributed by atoms with Gasteiger partial charge in [-0.2, -0.15) is 0 Å². The number of carbonyl (C=O) groups is 1. The summed E-state index contributed by atoms with van der Waals surface area (Å²) in [4.78, 5) is 11.1. The summed E-state index contributed by atoms with van der Waals surface area (Å²) in [7, 11) is 0. The highest BCUT2D eigenvalue weighted by Gasteiger charge is 2.30. The third-order valence-electron chi connectivity index (χ3n) is 1.62. The summed E-state index contributed by atoms with van der Waals surface area (Å²) in [6.07, 6.45) is 0.743. The third kappa shape index (κ3) is 3.20. The van der Waals surface area contributed by atoms with Crippen molar-refractivity contribution in [3.8, 4) is 0 Å². The Bertz CT molecular complexity index is 260. The minimum atomic E-state index is -0.965. The number of aliphatic hydroxyl groups is 1. The van der Waals surface area contributed by atoms with E-state index in [-0.39, 0.29) is 12.3 Å². The highest BCUT2D eigenvalue weighted by atomic mass is 35.5. The molecule has 14 heavy (non-hydrogen) atoms. The number of alkyl halides is 1. The highest BCUT2D eigenvalue weighted by molar-refractivity contribution is 6.18. The van der Waals surface area contributed by atoms with Gasteiger partial charge in [0.2, 0.25) is 5.79 Å². The van der Waals surface area contributed by atoms with Crippen molar-refractivity contribution in [2.45, 2.75) is 32.2 Å². The zero-order valence-electron chi connectivity index (χ0n) is 8.12. The van der Waals surface area contributed by atoms with Crippen LogP contribution >= 0.6 is 11.6 Å². The van der Waals surface area contributed by atoms with E-state index in [0.717, 1.165) is 0 Å². The van der Waals surface area contributed by atoms with E-state index in [1.54, 1.807) is 13.8 Å². The van der Waals surface area contributed by atoms with E-state index in [2.05, 4.69) is 0 Å². The van der Waals surface area contributed by atoms with E-state index < -0.39 is 17.9 Å². The van der Waals surface area contributed by atoms with E-state index in [1.807, 2.05) is 0 Å². The number of ether oxygens (including phenoxy) is 2. The first kappa shape index (κ1) is 11.3. The molecule has 4 nitrogen and oxygen atoms in total. The molecule has 0 aliphatic carbocycles. The Balaban J connectivity index is 2.65. The fraction of sp³-hybridized carbons (Fsp3) is 0.667. The SMILES string of the molecule is CC1(C)OC(=O)C=C(CC(O)CCl)O1.